The third kappa shape index (κ3) is 3.94. The van der Waals surface area contributed by atoms with Crippen molar-refractivity contribution in [2.45, 2.75) is 30.9 Å². The highest BCUT2D eigenvalue weighted by Gasteiger charge is 2.23. The lowest BCUT2D eigenvalue weighted by Gasteiger charge is -2.10. The summed E-state index contributed by atoms with van der Waals surface area (Å²) in [6, 6.07) is 4.47. The first-order chi connectivity index (χ1) is 8.56. The van der Waals surface area contributed by atoms with E-state index in [0.717, 1.165) is 0 Å². The summed E-state index contributed by atoms with van der Waals surface area (Å²) in [5.74, 6) is -0.769. The van der Waals surface area contributed by atoms with Crippen LogP contribution in [0.3, 0.4) is 0 Å². The molecule has 7 heteroatoms. The van der Waals surface area contributed by atoms with E-state index < -0.39 is 30.7 Å². The Morgan fingerprint density at radius 3 is 2.16 bits per heavy atom. The lowest BCUT2D eigenvalue weighted by Crippen LogP contribution is -2.24. The van der Waals surface area contributed by atoms with Crippen molar-refractivity contribution in [1.82, 2.24) is 0 Å². The number of nitrogens with two attached hydrogens (primary N) is 1. The van der Waals surface area contributed by atoms with Crippen LogP contribution in [0.25, 0.3) is 0 Å². The van der Waals surface area contributed by atoms with E-state index in [2.05, 4.69) is 0 Å². The van der Waals surface area contributed by atoms with Gasteiger partial charge in [0.25, 0.3) is 0 Å². The first kappa shape index (κ1) is 16.0. The Morgan fingerprint density at radius 1 is 1.11 bits per heavy atom. The topological polar surface area (TPSA) is 94.3 Å². The van der Waals surface area contributed by atoms with Crippen LogP contribution < -0.4 is 5.73 Å². The van der Waals surface area contributed by atoms with Crippen LogP contribution >= 0.6 is 0 Å². The molecule has 0 spiro atoms. The maximum absolute atomic E-state index is 12.1. The molecule has 0 radical (unpaired) electrons. The number of anilines is 1. The summed E-state index contributed by atoms with van der Waals surface area (Å²) in [7, 11) is -6.97. The predicted octanol–water partition coefficient (Wildman–Crippen LogP) is 1.17. The molecular formula is C12H19NO4S2. The molecule has 0 saturated heterocycles. The van der Waals surface area contributed by atoms with E-state index in [4.69, 9.17) is 5.73 Å². The Morgan fingerprint density at radius 2 is 1.68 bits per heavy atom. The molecule has 0 heterocycles. The van der Waals surface area contributed by atoms with Crippen LogP contribution in [0.2, 0.25) is 0 Å². The van der Waals surface area contributed by atoms with Gasteiger partial charge >= 0.3 is 0 Å². The number of aryl methyl sites for hydroxylation is 1. The Balaban J connectivity index is 3.00. The van der Waals surface area contributed by atoms with Crippen molar-refractivity contribution in [3.63, 3.8) is 0 Å². The average Bonchev–Trinajstić information content (AvgIpc) is 2.26. The highest BCUT2D eigenvalue weighted by molar-refractivity contribution is 7.95. The zero-order chi connectivity index (χ0) is 14.8. The number of benzene rings is 1. The van der Waals surface area contributed by atoms with E-state index in [1.165, 1.54) is 26.0 Å². The van der Waals surface area contributed by atoms with Gasteiger partial charge < -0.3 is 5.73 Å². The van der Waals surface area contributed by atoms with Crippen molar-refractivity contribution < 1.29 is 16.8 Å². The largest absolute Gasteiger partial charge is 0.399 e. The summed E-state index contributed by atoms with van der Waals surface area (Å²) in [6.45, 7) is 4.72. The molecule has 1 aromatic rings. The summed E-state index contributed by atoms with van der Waals surface area (Å²) < 4.78 is 47.6. The molecule has 0 unspecified atom stereocenters. The molecule has 1 aromatic carbocycles. The zero-order valence-corrected chi connectivity index (χ0v) is 12.9. The molecule has 2 N–H and O–H groups in total. The monoisotopic (exact) mass is 305 g/mol. The summed E-state index contributed by atoms with van der Waals surface area (Å²) >= 11 is 0. The second-order valence-corrected chi connectivity index (χ2v) is 9.51. The molecule has 0 aliphatic rings. The fourth-order valence-corrected chi connectivity index (χ4v) is 4.92. The van der Waals surface area contributed by atoms with Crippen LogP contribution in [0.5, 0.6) is 0 Å². The maximum atomic E-state index is 12.1. The fourth-order valence-electron chi connectivity index (χ4n) is 1.59. The van der Waals surface area contributed by atoms with Gasteiger partial charge in [-0.3, -0.25) is 0 Å². The van der Waals surface area contributed by atoms with Gasteiger partial charge in [0.05, 0.1) is 21.7 Å². The zero-order valence-electron chi connectivity index (χ0n) is 11.3. The quantitative estimate of drug-likeness (QED) is 0.824. The predicted molar refractivity (Wildman–Crippen MR) is 76.6 cm³/mol. The summed E-state index contributed by atoms with van der Waals surface area (Å²) in [6.07, 6.45) is 0. The van der Waals surface area contributed by atoms with Crippen LogP contribution in [-0.4, -0.2) is 33.6 Å². The van der Waals surface area contributed by atoms with Gasteiger partial charge in [-0.2, -0.15) is 0 Å². The molecule has 0 amide bonds. The molecule has 0 bridgehead atoms. The van der Waals surface area contributed by atoms with E-state index in [1.54, 1.807) is 13.0 Å². The number of sulfone groups is 2. The molecule has 0 aliphatic carbocycles. The van der Waals surface area contributed by atoms with E-state index in [1.807, 2.05) is 0 Å². The Kier molecular flexibility index (Phi) is 4.63. The van der Waals surface area contributed by atoms with Crippen LogP contribution in [0.1, 0.15) is 19.4 Å². The maximum Gasteiger partial charge on any atom is 0.179 e. The van der Waals surface area contributed by atoms with Gasteiger partial charge in [0.15, 0.2) is 19.7 Å². The number of nitrogen functional groups attached to an aromatic ring is 1. The third-order valence-electron chi connectivity index (χ3n) is 2.89. The standard InChI is InChI=1S/C12H19NO4S2/c1-9(2)18(14,15)6-7-19(16,17)12-5-4-11(13)8-10(12)3/h4-5,8-9H,6-7,13H2,1-3H3. The Labute approximate surface area is 114 Å². The Bertz CT molecular complexity index is 661. The average molecular weight is 305 g/mol. The Hall–Kier alpha value is -1.08. The van der Waals surface area contributed by atoms with Crippen LogP contribution in [0.15, 0.2) is 23.1 Å². The van der Waals surface area contributed by atoms with Gasteiger partial charge in [0, 0.05) is 5.69 Å². The second-order valence-electron chi connectivity index (χ2n) is 4.76. The van der Waals surface area contributed by atoms with Crippen molar-refractivity contribution in [2.75, 3.05) is 17.2 Å². The third-order valence-corrected chi connectivity index (χ3v) is 7.23. The smallest absolute Gasteiger partial charge is 0.179 e. The van der Waals surface area contributed by atoms with Gasteiger partial charge in [-0.25, -0.2) is 16.8 Å². The molecule has 5 nitrogen and oxygen atoms in total. The minimum absolute atomic E-state index is 0.139. The van der Waals surface area contributed by atoms with Crippen molar-refractivity contribution in [2.24, 2.45) is 0 Å². The molecule has 0 saturated carbocycles. The molecule has 19 heavy (non-hydrogen) atoms. The fraction of sp³-hybridized carbons (Fsp3) is 0.500. The molecule has 108 valence electrons. The molecule has 1 rings (SSSR count). The van der Waals surface area contributed by atoms with Crippen molar-refractivity contribution >= 4 is 25.4 Å². The van der Waals surface area contributed by atoms with E-state index in [-0.39, 0.29) is 10.6 Å². The van der Waals surface area contributed by atoms with Gasteiger partial charge in [-0.1, -0.05) is 0 Å². The number of hydrogen-bond acceptors (Lipinski definition) is 5. The first-order valence-electron chi connectivity index (χ1n) is 5.87. The first-order valence-corrected chi connectivity index (χ1v) is 9.23. The summed E-state index contributed by atoms with van der Waals surface area (Å²) in [5.41, 5.74) is 6.57. The normalized spacial score (nSPS) is 12.8. The molecule has 0 aromatic heterocycles. The van der Waals surface area contributed by atoms with Crippen molar-refractivity contribution in [1.29, 1.82) is 0 Å². The van der Waals surface area contributed by atoms with Crippen LogP contribution in [0.4, 0.5) is 5.69 Å². The molecular weight excluding hydrogens is 286 g/mol. The molecule has 0 aliphatic heterocycles. The van der Waals surface area contributed by atoms with E-state index >= 15 is 0 Å². The van der Waals surface area contributed by atoms with Crippen molar-refractivity contribution in [3.05, 3.63) is 23.8 Å². The van der Waals surface area contributed by atoms with Crippen molar-refractivity contribution in [3.8, 4) is 0 Å². The second kappa shape index (κ2) is 5.50. The number of hydrogen-bond donors (Lipinski definition) is 1. The van der Waals surface area contributed by atoms with Gasteiger partial charge in [0.2, 0.25) is 0 Å². The summed E-state index contributed by atoms with van der Waals surface area (Å²) in [4.78, 5) is 0.139. The number of rotatable bonds is 5. The summed E-state index contributed by atoms with van der Waals surface area (Å²) in [5, 5.41) is -0.574. The van der Waals surface area contributed by atoms with Crippen LogP contribution in [-0.2, 0) is 19.7 Å². The molecule has 0 fully saturated rings. The lowest BCUT2D eigenvalue weighted by molar-refractivity contribution is 0.582. The SMILES string of the molecule is Cc1cc(N)ccc1S(=O)(=O)CCS(=O)(=O)C(C)C. The molecule has 0 atom stereocenters. The van der Waals surface area contributed by atoms with Crippen LogP contribution in [0, 0.1) is 6.92 Å². The minimum atomic E-state index is -3.61. The minimum Gasteiger partial charge on any atom is -0.399 e. The lowest BCUT2D eigenvalue weighted by atomic mass is 10.2. The highest BCUT2D eigenvalue weighted by atomic mass is 32.2. The van der Waals surface area contributed by atoms with Gasteiger partial charge in [-0.15, -0.1) is 0 Å². The van der Waals surface area contributed by atoms with E-state index in [9.17, 15) is 16.8 Å². The van der Waals surface area contributed by atoms with Gasteiger partial charge in [0.1, 0.15) is 0 Å². The highest BCUT2D eigenvalue weighted by Crippen LogP contribution is 2.19. The van der Waals surface area contributed by atoms with E-state index in [0.29, 0.717) is 11.3 Å². The van der Waals surface area contributed by atoms with Gasteiger partial charge in [-0.05, 0) is 44.5 Å².